The van der Waals surface area contributed by atoms with Crippen molar-refractivity contribution < 1.29 is 14.7 Å². The molecule has 1 aliphatic carbocycles. The minimum atomic E-state index is -0.952. The van der Waals surface area contributed by atoms with Crippen LogP contribution in [-0.4, -0.2) is 16.9 Å². The second-order valence-electron chi connectivity index (χ2n) is 3.76. The molecule has 0 aliphatic heterocycles. The van der Waals surface area contributed by atoms with Gasteiger partial charge in [-0.1, -0.05) is 13.8 Å². The zero-order valence-corrected chi connectivity index (χ0v) is 7.91. The van der Waals surface area contributed by atoms with Crippen LogP contribution in [0.2, 0.25) is 0 Å². The summed E-state index contributed by atoms with van der Waals surface area (Å²) in [7, 11) is 0. The van der Waals surface area contributed by atoms with Gasteiger partial charge in [0.1, 0.15) is 0 Å². The maximum Gasteiger partial charge on any atom is 0.331 e. The van der Waals surface area contributed by atoms with Crippen molar-refractivity contribution >= 4 is 11.8 Å². The van der Waals surface area contributed by atoms with Crippen LogP contribution in [0.25, 0.3) is 0 Å². The molecule has 13 heavy (non-hydrogen) atoms. The van der Waals surface area contributed by atoms with E-state index in [1.807, 2.05) is 13.8 Å². The predicted octanol–water partition coefficient (Wildman–Crippen LogP) is 1.63. The third-order valence-electron chi connectivity index (χ3n) is 2.47. The number of carbonyl (C=O) groups excluding carboxylic acids is 1. The number of rotatable bonds is 2. The fourth-order valence-corrected chi connectivity index (χ4v) is 1.72. The van der Waals surface area contributed by atoms with E-state index in [2.05, 4.69) is 0 Å². The number of hydrogen-bond acceptors (Lipinski definition) is 2. The zero-order chi connectivity index (χ0) is 10.0. The lowest BCUT2D eigenvalue weighted by molar-refractivity contribution is -0.134. The smallest absolute Gasteiger partial charge is 0.331 e. The highest BCUT2D eigenvalue weighted by molar-refractivity contribution is 6.00. The molecule has 0 radical (unpaired) electrons. The number of carboxylic acid groups (broad SMARTS) is 1. The second-order valence-corrected chi connectivity index (χ2v) is 3.76. The lowest BCUT2D eigenvalue weighted by Gasteiger charge is -2.24. The largest absolute Gasteiger partial charge is 0.478 e. The summed E-state index contributed by atoms with van der Waals surface area (Å²) < 4.78 is 0. The van der Waals surface area contributed by atoms with Crippen LogP contribution in [0.3, 0.4) is 0 Å². The van der Waals surface area contributed by atoms with Crippen LogP contribution in [-0.2, 0) is 9.59 Å². The number of aliphatic carboxylic acids is 1. The highest BCUT2D eigenvalue weighted by Crippen LogP contribution is 2.29. The van der Waals surface area contributed by atoms with Gasteiger partial charge in [0.05, 0.1) is 0 Å². The first-order chi connectivity index (χ1) is 6.02. The molecule has 1 unspecified atom stereocenters. The van der Waals surface area contributed by atoms with Crippen molar-refractivity contribution in [2.75, 3.05) is 0 Å². The van der Waals surface area contributed by atoms with E-state index in [0.717, 1.165) is 0 Å². The number of allylic oxidation sites excluding steroid dienone is 1. The van der Waals surface area contributed by atoms with E-state index in [0.29, 0.717) is 12.8 Å². The van der Waals surface area contributed by atoms with Crippen molar-refractivity contribution in [2.45, 2.75) is 26.7 Å². The maximum absolute atomic E-state index is 11.0. The molecule has 3 heteroatoms. The van der Waals surface area contributed by atoms with E-state index in [4.69, 9.17) is 5.11 Å². The van der Waals surface area contributed by atoms with Crippen LogP contribution in [0.4, 0.5) is 0 Å². The van der Waals surface area contributed by atoms with Crippen LogP contribution in [0, 0.1) is 11.8 Å². The van der Waals surface area contributed by atoms with Crippen molar-refractivity contribution in [2.24, 2.45) is 11.8 Å². The first-order valence-electron chi connectivity index (χ1n) is 4.50. The van der Waals surface area contributed by atoms with Crippen molar-refractivity contribution in [3.05, 3.63) is 11.6 Å². The molecule has 1 rings (SSSR count). The third kappa shape index (κ3) is 2.17. The second kappa shape index (κ2) is 3.73. The Bertz CT molecular complexity index is 263. The standard InChI is InChI=1S/C10H14O3/c1-6(2)8-4-3-7(11)5-9(8)10(12)13/h5-6,8H,3-4H2,1-2H3,(H,12,13). The van der Waals surface area contributed by atoms with Crippen LogP contribution < -0.4 is 0 Å². The van der Waals surface area contributed by atoms with Crippen molar-refractivity contribution in [1.82, 2.24) is 0 Å². The van der Waals surface area contributed by atoms with Crippen LogP contribution in [0.15, 0.2) is 11.6 Å². The Labute approximate surface area is 77.4 Å². The van der Waals surface area contributed by atoms with Gasteiger partial charge in [-0.3, -0.25) is 4.79 Å². The van der Waals surface area contributed by atoms with Crippen LogP contribution in [0.1, 0.15) is 26.7 Å². The fourth-order valence-electron chi connectivity index (χ4n) is 1.72. The Balaban J connectivity index is 2.93. The Kier molecular flexibility index (Phi) is 2.86. The first kappa shape index (κ1) is 9.96. The highest BCUT2D eigenvalue weighted by Gasteiger charge is 2.28. The molecule has 72 valence electrons. The lowest BCUT2D eigenvalue weighted by Crippen LogP contribution is -2.23. The first-order valence-corrected chi connectivity index (χ1v) is 4.50. The molecule has 0 saturated carbocycles. The molecule has 0 fully saturated rings. The van der Waals surface area contributed by atoms with E-state index < -0.39 is 5.97 Å². The Morgan fingerprint density at radius 1 is 1.62 bits per heavy atom. The molecule has 0 aromatic rings. The predicted molar refractivity (Wildman–Crippen MR) is 48.3 cm³/mol. The van der Waals surface area contributed by atoms with Gasteiger partial charge in [0.25, 0.3) is 0 Å². The molecule has 1 N–H and O–H groups in total. The molecule has 0 aromatic carbocycles. The summed E-state index contributed by atoms with van der Waals surface area (Å²) in [5.41, 5.74) is 0.284. The molecule has 0 bridgehead atoms. The van der Waals surface area contributed by atoms with E-state index in [9.17, 15) is 9.59 Å². The minimum absolute atomic E-state index is 0.0372. The zero-order valence-electron chi connectivity index (χ0n) is 7.91. The van der Waals surface area contributed by atoms with E-state index in [1.165, 1.54) is 6.08 Å². The molecule has 3 nitrogen and oxygen atoms in total. The van der Waals surface area contributed by atoms with Gasteiger partial charge in [0.15, 0.2) is 5.78 Å². The average molecular weight is 182 g/mol. The molecule has 1 atom stereocenters. The van der Waals surface area contributed by atoms with Crippen molar-refractivity contribution in [3.63, 3.8) is 0 Å². The van der Waals surface area contributed by atoms with Gasteiger partial charge in [-0.15, -0.1) is 0 Å². The van der Waals surface area contributed by atoms with Crippen LogP contribution >= 0.6 is 0 Å². The van der Waals surface area contributed by atoms with Gasteiger partial charge >= 0.3 is 5.97 Å². The lowest BCUT2D eigenvalue weighted by atomic mass is 9.80. The fraction of sp³-hybridized carbons (Fsp3) is 0.600. The summed E-state index contributed by atoms with van der Waals surface area (Å²) in [6.07, 6.45) is 2.45. The SMILES string of the molecule is CC(C)C1CCC(=O)C=C1C(=O)O. The molecule has 0 amide bonds. The Hall–Kier alpha value is -1.12. The third-order valence-corrected chi connectivity index (χ3v) is 2.47. The number of ketones is 1. The molecule has 1 aliphatic rings. The quantitative estimate of drug-likeness (QED) is 0.706. The molecular weight excluding hydrogens is 168 g/mol. The molecule has 0 aromatic heterocycles. The summed E-state index contributed by atoms with van der Waals surface area (Å²) in [6, 6.07) is 0. The van der Waals surface area contributed by atoms with Gasteiger partial charge in [0, 0.05) is 12.0 Å². The molecular formula is C10H14O3. The number of carbonyl (C=O) groups is 2. The number of hydrogen-bond donors (Lipinski definition) is 1. The number of carboxylic acids is 1. The Morgan fingerprint density at radius 3 is 2.69 bits per heavy atom. The normalized spacial score (nSPS) is 23.2. The van der Waals surface area contributed by atoms with Crippen molar-refractivity contribution in [3.8, 4) is 0 Å². The summed E-state index contributed by atoms with van der Waals surface area (Å²) in [5, 5.41) is 8.85. The molecule has 0 heterocycles. The van der Waals surface area contributed by atoms with Gasteiger partial charge < -0.3 is 5.11 Å². The van der Waals surface area contributed by atoms with E-state index in [-0.39, 0.29) is 23.2 Å². The van der Waals surface area contributed by atoms with Gasteiger partial charge in [-0.2, -0.15) is 0 Å². The monoisotopic (exact) mass is 182 g/mol. The van der Waals surface area contributed by atoms with Crippen LogP contribution in [0.5, 0.6) is 0 Å². The summed E-state index contributed by atoms with van der Waals surface area (Å²) in [4.78, 5) is 21.8. The molecule has 0 saturated heterocycles. The van der Waals surface area contributed by atoms with E-state index in [1.54, 1.807) is 0 Å². The summed E-state index contributed by atoms with van der Waals surface area (Å²) in [6.45, 7) is 3.97. The highest BCUT2D eigenvalue weighted by atomic mass is 16.4. The molecule has 0 spiro atoms. The summed E-state index contributed by atoms with van der Waals surface area (Å²) >= 11 is 0. The van der Waals surface area contributed by atoms with Gasteiger partial charge in [-0.25, -0.2) is 4.79 Å². The van der Waals surface area contributed by atoms with Gasteiger partial charge in [0.2, 0.25) is 0 Å². The maximum atomic E-state index is 11.0. The topological polar surface area (TPSA) is 54.4 Å². The average Bonchev–Trinajstić information content (AvgIpc) is 2.03. The Morgan fingerprint density at radius 2 is 2.23 bits per heavy atom. The van der Waals surface area contributed by atoms with E-state index >= 15 is 0 Å². The van der Waals surface area contributed by atoms with Crippen molar-refractivity contribution in [1.29, 1.82) is 0 Å². The minimum Gasteiger partial charge on any atom is -0.478 e. The van der Waals surface area contributed by atoms with Gasteiger partial charge in [-0.05, 0) is 24.3 Å². The summed E-state index contributed by atoms with van der Waals surface area (Å²) in [5.74, 6) is -0.688.